The standard InChI is InChI=1S/C7H8Cl2N4/c1-3-4(2)10-7-12-5(8)11-6(9)13-7/h3-4H,1H2,2H3,(H,10,11,12,13). The zero-order chi connectivity index (χ0) is 9.84. The first-order chi connectivity index (χ1) is 6.11. The SMILES string of the molecule is C=CC(C)Nc1nc(Cl)nc(Cl)n1. The second kappa shape index (κ2) is 4.39. The van der Waals surface area contributed by atoms with E-state index in [1.165, 1.54) is 0 Å². The molecule has 0 fully saturated rings. The van der Waals surface area contributed by atoms with Gasteiger partial charge >= 0.3 is 0 Å². The minimum atomic E-state index is 0.0505. The summed E-state index contributed by atoms with van der Waals surface area (Å²) in [6.45, 7) is 5.50. The predicted molar refractivity (Wildman–Crippen MR) is 53.1 cm³/mol. The Bertz CT molecular complexity index is 295. The average molecular weight is 219 g/mol. The van der Waals surface area contributed by atoms with Crippen molar-refractivity contribution in [3.63, 3.8) is 0 Å². The van der Waals surface area contributed by atoms with Crippen molar-refractivity contribution < 1.29 is 0 Å². The Labute approximate surface area is 86.0 Å². The number of halogens is 2. The maximum Gasteiger partial charge on any atom is 0.228 e. The van der Waals surface area contributed by atoms with Gasteiger partial charge in [0.2, 0.25) is 16.5 Å². The van der Waals surface area contributed by atoms with Crippen molar-refractivity contribution in [2.75, 3.05) is 5.32 Å². The van der Waals surface area contributed by atoms with Gasteiger partial charge in [0.1, 0.15) is 0 Å². The lowest BCUT2D eigenvalue weighted by atomic mass is 10.3. The molecular weight excluding hydrogens is 211 g/mol. The first kappa shape index (κ1) is 10.2. The van der Waals surface area contributed by atoms with Gasteiger partial charge in [-0.2, -0.15) is 15.0 Å². The molecule has 0 aliphatic rings. The molecule has 0 spiro atoms. The van der Waals surface area contributed by atoms with E-state index in [1.807, 2.05) is 6.92 Å². The van der Waals surface area contributed by atoms with Crippen molar-refractivity contribution in [3.8, 4) is 0 Å². The Hall–Kier alpha value is -0.870. The molecule has 0 bridgehead atoms. The monoisotopic (exact) mass is 218 g/mol. The van der Waals surface area contributed by atoms with E-state index in [4.69, 9.17) is 23.2 Å². The first-order valence-corrected chi connectivity index (χ1v) is 4.33. The lowest BCUT2D eigenvalue weighted by Gasteiger charge is -2.08. The van der Waals surface area contributed by atoms with E-state index in [1.54, 1.807) is 6.08 Å². The average Bonchev–Trinajstić information content (AvgIpc) is 2.02. The summed E-state index contributed by atoms with van der Waals surface area (Å²) >= 11 is 11.1. The van der Waals surface area contributed by atoms with Crippen LogP contribution in [0.5, 0.6) is 0 Å². The minimum absolute atomic E-state index is 0.0505. The van der Waals surface area contributed by atoms with E-state index in [9.17, 15) is 0 Å². The van der Waals surface area contributed by atoms with Gasteiger partial charge < -0.3 is 5.32 Å². The summed E-state index contributed by atoms with van der Waals surface area (Å²) in [5, 5.41) is 3.06. The molecule has 1 aromatic rings. The van der Waals surface area contributed by atoms with Crippen LogP contribution in [0.3, 0.4) is 0 Å². The number of hydrogen-bond acceptors (Lipinski definition) is 4. The van der Waals surface area contributed by atoms with Crippen molar-refractivity contribution in [2.24, 2.45) is 0 Å². The summed E-state index contributed by atoms with van der Waals surface area (Å²) in [4.78, 5) is 11.3. The van der Waals surface area contributed by atoms with Crippen molar-refractivity contribution in [2.45, 2.75) is 13.0 Å². The summed E-state index contributed by atoms with van der Waals surface area (Å²) < 4.78 is 0. The van der Waals surface area contributed by atoms with Crippen LogP contribution in [0.2, 0.25) is 10.6 Å². The summed E-state index contributed by atoms with van der Waals surface area (Å²) in [7, 11) is 0. The molecule has 0 aliphatic heterocycles. The fourth-order valence-electron chi connectivity index (χ4n) is 0.653. The number of nitrogens with zero attached hydrogens (tertiary/aromatic N) is 3. The highest BCUT2D eigenvalue weighted by Crippen LogP contribution is 2.10. The number of rotatable bonds is 3. The Balaban J connectivity index is 2.82. The highest BCUT2D eigenvalue weighted by atomic mass is 35.5. The summed E-state index contributed by atoms with van der Waals surface area (Å²) in [5.41, 5.74) is 0. The zero-order valence-electron chi connectivity index (χ0n) is 6.96. The van der Waals surface area contributed by atoms with Crippen LogP contribution < -0.4 is 5.32 Å². The lowest BCUT2D eigenvalue weighted by Crippen LogP contribution is -2.14. The third kappa shape index (κ3) is 3.16. The van der Waals surface area contributed by atoms with Gasteiger partial charge in [-0.3, -0.25) is 0 Å². The molecule has 0 aliphatic carbocycles. The fraction of sp³-hybridized carbons (Fsp3) is 0.286. The molecule has 1 aromatic heterocycles. The van der Waals surface area contributed by atoms with Crippen LogP contribution in [-0.2, 0) is 0 Å². The minimum Gasteiger partial charge on any atom is -0.348 e. The number of aromatic nitrogens is 3. The fourth-order valence-corrected chi connectivity index (χ4v) is 1.02. The van der Waals surface area contributed by atoms with Crippen molar-refractivity contribution >= 4 is 29.2 Å². The van der Waals surface area contributed by atoms with Crippen LogP contribution in [0, 0.1) is 0 Å². The first-order valence-electron chi connectivity index (χ1n) is 3.58. The van der Waals surface area contributed by atoms with Gasteiger partial charge in [0.15, 0.2) is 0 Å². The Kier molecular flexibility index (Phi) is 3.45. The Morgan fingerprint density at radius 1 is 1.31 bits per heavy atom. The van der Waals surface area contributed by atoms with E-state index in [2.05, 4.69) is 26.8 Å². The third-order valence-corrected chi connectivity index (χ3v) is 1.63. The lowest BCUT2D eigenvalue weighted by molar-refractivity contribution is 0.938. The molecule has 0 saturated heterocycles. The summed E-state index contributed by atoms with van der Waals surface area (Å²) in [6, 6.07) is 0.0505. The molecule has 1 heterocycles. The molecule has 6 heteroatoms. The van der Waals surface area contributed by atoms with E-state index in [-0.39, 0.29) is 16.6 Å². The van der Waals surface area contributed by atoms with Gasteiger partial charge in [0.05, 0.1) is 0 Å². The van der Waals surface area contributed by atoms with E-state index in [0.29, 0.717) is 5.95 Å². The van der Waals surface area contributed by atoms with Gasteiger partial charge in [0, 0.05) is 6.04 Å². The molecule has 0 aromatic carbocycles. The van der Waals surface area contributed by atoms with Crippen molar-refractivity contribution in [3.05, 3.63) is 23.2 Å². The molecule has 0 amide bonds. The maximum absolute atomic E-state index is 5.56. The molecule has 70 valence electrons. The topological polar surface area (TPSA) is 50.7 Å². The van der Waals surface area contributed by atoms with Crippen LogP contribution >= 0.6 is 23.2 Å². The molecule has 0 saturated carbocycles. The van der Waals surface area contributed by atoms with E-state index < -0.39 is 0 Å². The highest BCUT2D eigenvalue weighted by molar-refractivity contribution is 6.31. The maximum atomic E-state index is 5.56. The molecule has 1 unspecified atom stereocenters. The van der Waals surface area contributed by atoms with Crippen LogP contribution in [0.15, 0.2) is 12.7 Å². The number of nitrogens with one attached hydrogen (secondary N) is 1. The largest absolute Gasteiger partial charge is 0.348 e. The van der Waals surface area contributed by atoms with Crippen LogP contribution in [0.25, 0.3) is 0 Å². The van der Waals surface area contributed by atoms with Gasteiger partial charge in [0.25, 0.3) is 0 Å². The van der Waals surface area contributed by atoms with Gasteiger partial charge in [-0.25, -0.2) is 0 Å². The second-order valence-corrected chi connectivity index (χ2v) is 3.04. The quantitative estimate of drug-likeness (QED) is 0.791. The molecule has 1 N–H and O–H groups in total. The van der Waals surface area contributed by atoms with Gasteiger partial charge in [-0.05, 0) is 30.1 Å². The molecule has 1 rings (SSSR count). The molecule has 4 nitrogen and oxygen atoms in total. The summed E-state index contributed by atoms with van der Waals surface area (Å²) in [6.07, 6.45) is 1.71. The number of anilines is 1. The number of hydrogen-bond donors (Lipinski definition) is 1. The molecular formula is C7H8Cl2N4. The summed E-state index contributed by atoms with van der Waals surface area (Å²) in [5.74, 6) is 0.345. The van der Waals surface area contributed by atoms with Crippen LogP contribution in [-0.4, -0.2) is 21.0 Å². The van der Waals surface area contributed by atoms with Crippen molar-refractivity contribution in [1.82, 2.24) is 15.0 Å². The van der Waals surface area contributed by atoms with Crippen molar-refractivity contribution in [1.29, 1.82) is 0 Å². The Morgan fingerprint density at radius 3 is 2.31 bits per heavy atom. The zero-order valence-corrected chi connectivity index (χ0v) is 8.47. The molecule has 1 atom stereocenters. The normalized spacial score (nSPS) is 12.2. The smallest absolute Gasteiger partial charge is 0.228 e. The molecule has 0 radical (unpaired) electrons. The Morgan fingerprint density at radius 2 is 1.85 bits per heavy atom. The van der Waals surface area contributed by atoms with Gasteiger partial charge in [-0.15, -0.1) is 6.58 Å². The van der Waals surface area contributed by atoms with Crippen LogP contribution in [0.4, 0.5) is 5.95 Å². The predicted octanol–water partition coefficient (Wildman–Crippen LogP) is 2.16. The highest BCUT2D eigenvalue weighted by Gasteiger charge is 2.03. The van der Waals surface area contributed by atoms with E-state index in [0.717, 1.165) is 0 Å². The van der Waals surface area contributed by atoms with Gasteiger partial charge in [-0.1, -0.05) is 6.08 Å². The third-order valence-electron chi connectivity index (χ3n) is 1.29. The second-order valence-electron chi connectivity index (χ2n) is 2.37. The van der Waals surface area contributed by atoms with E-state index >= 15 is 0 Å². The molecule has 13 heavy (non-hydrogen) atoms. The van der Waals surface area contributed by atoms with Crippen LogP contribution in [0.1, 0.15) is 6.92 Å².